The van der Waals surface area contributed by atoms with Crippen molar-refractivity contribution in [3.05, 3.63) is 60.4 Å². The summed E-state index contributed by atoms with van der Waals surface area (Å²) in [6, 6.07) is 16.7. The van der Waals surface area contributed by atoms with Crippen LogP contribution in [0.25, 0.3) is 16.9 Å². The van der Waals surface area contributed by atoms with E-state index in [2.05, 4.69) is 34.7 Å². The van der Waals surface area contributed by atoms with Gasteiger partial charge in [-0.2, -0.15) is 0 Å². The van der Waals surface area contributed by atoms with Crippen LogP contribution in [0, 0.1) is 0 Å². The Morgan fingerprint density at radius 3 is 2.43 bits per heavy atom. The molecular formula is C21H26N4O2S. The SMILES string of the molecule is CN(Cc1c(-c2ccccc2)nc2ccccn12)C1CCN(S(C)(=O)=O)CC1. The minimum Gasteiger partial charge on any atom is -0.302 e. The van der Waals surface area contributed by atoms with E-state index in [-0.39, 0.29) is 0 Å². The van der Waals surface area contributed by atoms with Gasteiger partial charge in [0, 0.05) is 37.4 Å². The summed E-state index contributed by atoms with van der Waals surface area (Å²) in [6.45, 7) is 1.94. The smallest absolute Gasteiger partial charge is 0.211 e. The van der Waals surface area contributed by atoms with Crippen LogP contribution in [0.3, 0.4) is 0 Å². The van der Waals surface area contributed by atoms with Crippen LogP contribution in [0.5, 0.6) is 0 Å². The Hall–Kier alpha value is -2.22. The van der Waals surface area contributed by atoms with Crippen molar-refractivity contribution in [1.29, 1.82) is 0 Å². The molecule has 0 spiro atoms. The molecule has 3 heterocycles. The molecule has 28 heavy (non-hydrogen) atoms. The highest BCUT2D eigenvalue weighted by molar-refractivity contribution is 7.88. The lowest BCUT2D eigenvalue weighted by atomic mass is 10.0. The van der Waals surface area contributed by atoms with Crippen molar-refractivity contribution in [2.24, 2.45) is 0 Å². The quantitative estimate of drug-likeness (QED) is 0.663. The summed E-state index contributed by atoms with van der Waals surface area (Å²) in [4.78, 5) is 7.21. The number of sulfonamides is 1. The summed E-state index contributed by atoms with van der Waals surface area (Å²) >= 11 is 0. The average Bonchev–Trinajstić information content (AvgIpc) is 3.06. The Bertz CT molecular complexity index is 1050. The van der Waals surface area contributed by atoms with Crippen molar-refractivity contribution in [3.8, 4) is 11.3 Å². The molecule has 0 bridgehead atoms. The number of piperidine rings is 1. The van der Waals surface area contributed by atoms with E-state index in [1.807, 2.05) is 36.4 Å². The van der Waals surface area contributed by atoms with E-state index in [9.17, 15) is 8.42 Å². The van der Waals surface area contributed by atoms with E-state index in [1.54, 1.807) is 4.31 Å². The van der Waals surface area contributed by atoms with Gasteiger partial charge < -0.3 is 4.40 Å². The molecule has 0 radical (unpaired) electrons. The minimum absolute atomic E-state index is 0.357. The van der Waals surface area contributed by atoms with Crippen LogP contribution in [0.15, 0.2) is 54.7 Å². The predicted molar refractivity (Wildman–Crippen MR) is 112 cm³/mol. The van der Waals surface area contributed by atoms with Crippen molar-refractivity contribution in [3.63, 3.8) is 0 Å². The van der Waals surface area contributed by atoms with Crippen LogP contribution in [0.4, 0.5) is 0 Å². The molecule has 2 aromatic heterocycles. The van der Waals surface area contributed by atoms with Gasteiger partial charge in [-0.15, -0.1) is 0 Å². The van der Waals surface area contributed by atoms with Gasteiger partial charge in [0.15, 0.2) is 0 Å². The summed E-state index contributed by atoms with van der Waals surface area (Å²) < 4.78 is 27.3. The molecule has 1 aliphatic rings. The Balaban J connectivity index is 1.59. The molecule has 6 nitrogen and oxygen atoms in total. The van der Waals surface area contributed by atoms with Gasteiger partial charge in [0.2, 0.25) is 10.0 Å². The van der Waals surface area contributed by atoms with Crippen LogP contribution < -0.4 is 0 Å². The molecule has 0 saturated carbocycles. The highest BCUT2D eigenvalue weighted by Gasteiger charge is 2.28. The fraction of sp³-hybridized carbons (Fsp3) is 0.381. The molecule has 0 amide bonds. The molecule has 148 valence electrons. The van der Waals surface area contributed by atoms with Crippen molar-refractivity contribution in [2.45, 2.75) is 25.4 Å². The largest absolute Gasteiger partial charge is 0.302 e. The first-order valence-electron chi connectivity index (χ1n) is 9.60. The number of hydrogen-bond acceptors (Lipinski definition) is 4. The maximum Gasteiger partial charge on any atom is 0.211 e. The summed E-state index contributed by atoms with van der Waals surface area (Å²) in [5.74, 6) is 0. The van der Waals surface area contributed by atoms with Gasteiger partial charge >= 0.3 is 0 Å². The minimum atomic E-state index is -3.10. The third-order valence-corrected chi connectivity index (χ3v) is 6.89. The Kier molecular flexibility index (Phi) is 5.23. The van der Waals surface area contributed by atoms with Crippen molar-refractivity contribution >= 4 is 15.7 Å². The molecule has 1 fully saturated rings. The molecule has 0 atom stereocenters. The van der Waals surface area contributed by atoms with Crippen LogP contribution in [-0.4, -0.2) is 59.4 Å². The highest BCUT2D eigenvalue weighted by Crippen LogP contribution is 2.27. The molecule has 7 heteroatoms. The van der Waals surface area contributed by atoms with E-state index in [1.165, 1.54) is 6.26 Å². The predicted octanol–water partition coefficient (Wildman–Crippen LogP) is 2.86. The molecule has 0 aliphatic carbocycles. The van der Waals surface area contributed by atoms with Crippen molar-refractivity contribution in [1.82, 2.24) is 18.6 Å². The van der Waals surface area contributed by atoms with Gasteiger partial charge in [-0.3, -0.25) is 4.90 Å². The summed E-state index contributed by atoms with van der Waals surface area (Å²) in [7, 11) is -0.973. The first kappa shape index (κ1) is 19.1. The highest BCUT2D eigenvalue weighted by atomic mass is 32.2. The van der Waals surface area contributed by atoms with Gasteiger partial charge in [-0.1, -0.05) is 36.4 Å². The molecule has 4 rings (SSSR count). The lowest BCUT2D eigenvalue weighted by Gasteiger charge is -2.35. The topological polar surface area (TPSA) is 57.9 Å². The molecular weight excluding hydrogens is 372 g/mol. The van der Waals surface area contributed by atoms with Crippen LogP contribution in [-0.2, 0) is 16.6 Å². The molecule has 0 unspecified atom stereocenters. The number of nitrogens with zero attached hydrogens (tertiary/aromatic N) is 4. The van der Waals surface area contributed by atoms with Crippen LogP contribution in [0.1, 0.15) is 18.5 Å². The molecule has 0 N–H and O–H groups in total. The zero-order valence-electron chi connectivity index (χ0n) is 16.3. The van der Waals surface area contributed by atoms with E-state index in [4.69, 9.17) is 4.98 Å². The zero-order chi connectivity index (χ0) is 19.7. The maximum absolute atomic E-state index is 11.8. The monoisotopic (exact) mass is 398 g/mol. The van der Waals surface area contributed by atoms with Crippen molar-refractivity contribution in [2.75, 3.05) is 26.4 Å². The average molecular weight is 399 g/mol. The van der Waals surface area contributed by atoms with Crippen LogP contribution >= 0.6 is 0 Å². The summed E-state index contributed by atoms with van der Waals surface area (Å²) in [6.07, 6.45) is 5.05. The van der Waals surface area contributed by atoms with Gasteiger partial charge in [0.05, 0.1) is 17.6 Å². The van der Waals surface area contributed by atoms with Gasteiger partial charge in [0.25, 0.3) is 0 Å². The van der Waals surface area contributed by atoms with E-state index in [0.717, 1.165) is 42.0 Å². The number of fused-ring (bicyclic) bond motifs is 1. The van der Waals surface area contributed by atoms with Gasteiger partial charge in [-0.25, -0.2) is 17.7 Å². The standard InChI is InChI=1S/C21H26N4O2S/c1-23(18-11-14-24(15-12-18)28(2,26)27)16-19-21(17-8-4-3-5-9-17)22-20-10-6-7-13-25(19)20/h3-10,13,18H,11-12,14-16H2,1-2H3. The molecule has 1 saturated heterocycles. The van der Waals surface area contributed by atoms with Gasteiger partial charge in [0.1, 0.15) is 5.65 Å². The normalized spacial score (nSPS) is 16.8. The van der Waals surface area contributed by atoms with Gasteiger partial charge in [-0.05, 0) is 32.0 Å². The lowest BCUT2D eigenvalue weighted by molar-refractivity contribution is 0.161. The molecule has 1 aliphatic heterocycles. The Labute approximate surface area is 166 Å². The number of rotatable bonds is 5. The van der Waals surface area contributed by atoms with E-state index < -0.39 is 10.0 Å². The van der Waals surface area contributed by atoms with Crippen LogP contribution in [0.2, 0.25) is 0 Å². The number of pyridine rings is 1. The first-order chi connectivity index (χ1) is 13.4. The third-order valence-electron chi connectivity index (χ3n) is 5.59. The summed E-state index contributed by atoms with van der Waals surface area (Å²) in [5, 5.41) is 0. The fourth-order valence-electron chi connectivity index (χ4n) is 4.00. The second kappa shape index (κ2) is 7.66. The fourth-order valence-corrected chi connectivity index (χ4v) is 4.88. The Morgan fingerprint density at radius 2 is 1.75 bits per heavy atom. The number of imidazole rings is 1. The Morgan fingerprint density at radius 1 is 1.07 bits per heavy atom. The van der Waals surface area contributed by atoms with E-state index in [0.29, 0.717) is 19.1 Å². The molecule has 3 aromatic rings. The number of hydrogen-bond donors (Lipinski definition) is 0. The number of aromatic nitrogens is 2. The maximum atomic E-state index is 11.8. The zero-order valence-corrected chi connectivity index (χ0v) is 17.1. The summed E-state index contributed by atoms with van der Waals surface area (Å²) in [5.41, 5.74) is 4.22. The second-order valence-corrected chi connectivity index (χ2v) is 9.49. The number of benzene rings is 1. The van der Waals surface area contributed by atoms with E-state index >= 15 is 0 Å². The molecule has 1 aromatic carbocycles. The lowest BCUT2D eigenvalue weighted by Crippen LogP contribution is -2.45. The first-order valence-corrected chi connectivity index (χ1v) is 11.4. The third kappa shape index (κ3) is 3.83. The second-order valence-electron chi connectivity index (χ2n) is 7.51. The van der Waals surface area contributed by atoms with Crippen molar-refractivity contribution < 1.29 is 8.42 Å².